The van der Waals surface area contributed by atoms with Crippen molar-refractivity contribution in [3.8, 4) is 0 Å². The van der Waals surface area contributed by atoms with Crippen molar-refractivity contribution >= 4 is 29.3 Å². The third kappa shape index (κ3) is 4.01. The van der Waals surface area contributed by atoms with Gasteiger partial charge in [0.25, 0.3) is 0 Å². The largest absolute Gasteiger partial charge is 0.475 e. The molecule has 1 N–H and O–H groups in total. The first-order chi connectivity index (χ1) is 7.13. The summed E-state index contributed by atoms with van der Waals surface area (Å²) in [5.74, 6) is 1.07. The highest BCUT2D eigenvalue weighted by Crippen LogP contribution is 2.17. The van der Waals surface area contributed by atoms with Gasteiger partial charge in [-0.3, -0.25) is 0 Å². The van der Waals surface area contributed by atoms with E-state index in [0.29, 0.717) is 11.5 Å². The molecule has 0 aliphatic carbocycles. The van der Waals surface area contributed by atoms with Gasteiger partial charge in [-0.15, -0.1) is 11.8 Å². The highest BCUT2D eigenvalue weighted by molar-refractivity contribution is 7.98. The van der Waals surface area contributed by atoms with E-state index in [0.717, 1.165) is 11.3 Å². The zero-order valence-corrected chi connectivity index (χ0v) is 9.77. The summed E-state index contributed by atoms with van der Waals surface area (Å²) in [4.78, 5) is 10.5. The summed E-state index contributed by atoms with van der Waals surface area (Å²) in [6, 6.07) is 3.14. The van der Waals surface area contributed by atoms with Crippen molar-refractivity contribution in [1.29, 1.82) is 0 Å². The predicted molar refractivity (Wildman–Crippen MR) is 61.4 cm³/mol. The zero-order chi connectivity index (χ0) is 11.3. The van der Waals surface area contributed by atoms with Crippen LogP contribution in [-0.4, -0.2) is 16.8 Å². The topological polar surface area (TPSA) is 50.4 Å². The number of halogens is 1. The zero-order valence-electron chi connectivity index (χ0n) is 8.20. The minimum Gasteiger partial charge on any atom is -0.475 e. The maximum Gasteiger partial charge on any atom is 0.371 e. The summed E-state index contributed by atoms with van der Waals surface area (Å²) in [5.41, 5.74) is 2.62. The van der Waals surface area contributed by atoms with Gasteiger partial charge in [-0.25, -0.2) is 4.79 Å². The Bertz CT molecular complexity index is 370. The van der Waals surface area contributed by atoms with Gasteiger partial charge in [0.1, 0.15) is 5.76 Å². The summed E-state index contributed by atoms with van der Waals surface area (Å²) in [6.45, 7) is 1.94. The normalized spacial score (nSPS) is 11.7. The lowest BCUT2D eigenvalue weighted by atomic mass is 10.4. The molecule has 0 spiro atoms. The molecule has 0 amide bonds. The molecule has 0 aliphatic heterocycles. The average molecular weight is 247 g/mol. The number of thioether (sulfide) groups is 1. The molecule has 0 atom stereocenters. The Morgan fingerprint density at radius 2 is 2.40 bits per heavy atom. The number of hydrogen-bond acceptors (Lipinski definition) is 3. The first-order valence-corrected chi connectivity index (χ1v) is 5.88. The monoisotopic (exact) mass is 246 g/mol. The summed E-state index contributed by atoms with van der Waals surface area (Å²) in [6.07, 6.45) is 0. The van der Waals surface area contributed by atoms with Gasteiger partial charge in [-0.1, -0.05) is 17.2 Å². The van der Waals surface area contributed by atoms with Gasteiger partial charge in [-0.2, -0.15) is 0 Å². The van der Waals surface area contributed by atoms with Crippen LogP contribution in [0.5, 0.6) is 0 Å². The lowest BCUT2D eigenvalue weighted by molar-refractivity contribution is 0.0661. The van der Waals surface area contributed by atoms with E-state index >= 15 is 0 Å². The molecule has 0 unspecified atom stereocenters. The van der Waals surface area contributed by atoms with Gasteiger partial charge in [0.2, 0.25) is 5.76 Å². The Morgan fingerprint density at radius 3 is 2.93 bits per heavy atom. The Hall–Kier alpha value is -0.870. The molecule has 0 aromatic carbocycles. The molecule has 0 fully saturated rings. The maximum atomic E-state index is 10.5. The lowest BCUT2D eigenvalue weighted by Gasteiger charge is -1.98. The van der Waals surface area contributed by atoms with E-state index in [-0.39, 0.29) is 5.76 Å². The van der Waals surface area contributed by atoms with Crippen molar-refractivity contribution in [2.45, 2.75) is 12.7 Å². The first kappa shape index (κ1) is 12.2. The molecule has 0 radical (unpaired) electrons. The van der Waals surface area contributed by atoms with Gasteiger partial charge < -0.3 is 9.52 Å². The second-order valence-corrected chi connectivity index (χ2v) is 4.22. The molecule has 0 aliphatic rings. The van der Waals surface area contributed by atoms with Crippen LogP contribution >= 0.6 is 23.4 Å². The molecule has 1 aromatic heterocycles. The van der Waals surface area contributed by atoms with Gasteiger partial charge in [0.05, 0.1) is 5.75 Å². The molecule has 0 saturated heterocycles. The van der Waals surface area contributed by atoms with Gasteiger partial charge in [0, 0.05) is 11.3 Å². The molecule has 1 heterocycles. The smallest absolute Gasteiger partial charge is 0.371 e. The van der Waals surface area contributed by atoms with Crippen molar-refractivity contribution in [2.24, 2.45) is 0 Å². The fraction of sp³-hybridized carbons (Fsp3) is 0.300. The van der Waals surface area contributed by atoms with Crippen LogP contribution in [-0.2, 0) is 5.75 Å². The van der Waals surface area contributed by atoms with E-state index in [1.54, 1.807) is 17.8 Å². The third-order valence-corrected chi connectivity index (χ3v) is 3.15. The predicted octanol–water partition coefficient (Wildman–Crippen LogP) is 3.35. The van der Waals surface area contributed by atoms with Crippen molar-refractivity contribution in [3.05, 3.63) is 34.8 Å². The molecule has 0 saturated carbocycles. The van der Waals surface area contributed by atoms with Crippen molar-refractivity contribution in [1.82, 2.24) is 0 Å². The Balaban J connectivity index is 2.41. The second-order valence-electron chi connectivity index (χ2n) is 3.02. The number of furan rings is 1. The molecular weight excluding hydrogens is 236 g/mol. The van der Waals surface area contributed by atoms with Crippen LogP contribution in [0.3, 0.4) is 0 Å². The quantitative estimate of drug-likeness (QED) is 0.866. The van der Waals surface area contributed by atoms with Gasteiger partial charge in [0.15, 0.2) is 0 Å². The SMILES string of the molecule is C/C(=C\Cl)CSCc1ccc(C(=O)O)o1. The van der Waals surface area contributed by atoms with E-state index in [4.69, 9.17) is 21.1 Å². The van der Waals surface area contributed by atoms with Crippen LogP contribution in [0.2, 0.25) is 0 Å². The molecule has 3 nitrogen and oxygen atoms in total. The fourth-order valence-corrected chi connectivity index (χ4v) is 1.95. The molecule has 1 aromatic rings. The number of hydrogen-bond donors (Lipinski definition) is 1. The molecule has 82 valence electrons. The number of rotatable bonds is 5. The van der Waals surface area contributed by atoms with E-state index in [2.05, 4.69) is 0 Å². The van der Waals surface area contributed by atoms with Crippen LogP contribution in [0, 0.1) is 0 Å². The molecule has 5 heteroatoms. The second kappa shape index (κ2) is 5.88. The minimum absolute atomic E-state index is 0.0183. The summed E-state index contributed by atoms with van der Waals surface area (Å²) < 4.78 is 5.09. The Kier molecular flexibility index (Phi) is 4.78. The summed E-state index contributed by atoms with van der Waals surface area (Å²) in [5, 5.41) is 8.62. The Morgan fingerprint density at radius 1 is 1.67 bits per heavy atom. The van der Waals surface area contributed by atoms with Crippen LogP contribution in [0.25, 0.3) is 0 Å². The van der Waals surface area contributed by atoms with Crippen molar-refractivity contribution in [3.63, 3.8) is 0 Å². The van der Waals surface area contributed by atoms with E-state index in [1.165, 1.54) is 11.6 Å². The van der Waals surface area contributed by atoms with E-state index in [9.17, 15) is 4.79 Å². The lowest BCUT2D eigenvalue weighted by Crippen LogP contribution is -1.91. The molecule has 1 rings (SSSR count). The van der Waals surface area contributed by atoms with Crippen LogP contribution in [0.1, 0.15) is 23.2 Å². The van der Waals surface area contributed by atoms with Gasteiger partial charge in [-0.05, 0) is 19.1 Å². The maximum absolute atomic E-state index is 10.5. The molecular formula is C10H11ClO3S. The summed E-state index contributed by atoms with van der Waals surface area (Å²) in [7, 11) is 0. The molecule has 15 heavy (non-hydrogen) atoms. The third-order valence-electron chi connectivity index (χ3n) is 1.63. The van der Waals surface area contributed by atoms with Crippen LogP contribution in [0.15, 0.2) is 27.7 Å². The van der Waals surface area contributed by atoms with Crippen LogP contribution < -0.4 is 0 Å². The Labute approximate surface area is 97.1 Å². The number of carboxylic acids is 1. The number of aromatic carboxylic acids is 1. The summed E-state index contributed by atoms with van der Waals surface area (Å²) >= 11 is 7.13. The van der Waals surface area contributed by atoms with Crippen molar-refractivity contribution in [2.75, 3.05) is 5.75 Å². The fourth-order valence-electron chi connectivity index (χ4n) is 0.915. The van der Waals surface area contributed by atoms with Gasteiger partial charge >= 0.3 is 5.97 Å². The number of carboxylic acid groups (broad SMARTS) is 1. The number of carbonyl (C=O) groups is 1. The first-order valence-electron chi connectivity index (χ1n) is 4.29. The average Bonchev–Trinajstić information content (AvgIpc) is 2.66. The van der Waals surface area contributed by atoms with E-state index < -0.39 is 5.97 Å². The van der Waals surface area contributed by atoms with Crippen molar-refractivity contribution < 1.29 is 14.3 Å². The minimum atomic E-state index is -1.04. The molecule has 0 bridgehead atoms. The standard InChI is InChI=1S/C10H11ClO3S/c1-7(4-11)5-15-6-8-2-3-9(14-8)10(12)13/h2-4H,5-6H2,1H3,(H,12,13)/b7-4+. The highest BCUT2D eigenvalue weighted by atomic mass is 35.5. The van der Waals surface area contributed by atoms with Crippen LogP contribution in [0.4, 0.5) is 0 Å². The van der Waals surface area contributed by atoms with E-state index in [1.807, 2.05) is 6.92 Å². The highest BCUT2D eigenvalue weighted by Gasteiger charge is 2.08.